The molecule has 0 bridgehead atoms. The summed E-state index contributed by atoms with van der Waals surface area (Å²) < 4.78 is 12.8. The molecule has 17 heavy (non-hydrogen) atoms. The minimum Gasteiger partial charge on any atom is -0.355 e. The number of hydrogen-bond donors (Lipinski definition) is 2. The normalized spacial score (nSPS) is 9.76. The van der Waals surface area contributed by atoms with Gasteiger partial charge in [0, 0.05) is 6.54 Å². The average Bonchev–Trinajstić information content (AvgIpc) is 2.27. The molecule has 0 radical (unpaired) electrons. The third-order valence-electron chi connectivity index (χ3n) is 2.07. The van der Waals surface area contributed by atoms with Gasteiger partial charge in [-0.2, -0.15) is 0 Å². The zero-order valence-electron chi connectivity index (χ0n) is 9.63. The van der Waals surface area contributed by atoms with Crippen molar-refractivity contribution in [2.45, 2.75) is 13.3 Å². The monoisotopic (exact) mass is 238 g/mol. The van der Waals surface area contributed by atoms with Crippen molar-refractivity contribution in [2.24, 2.45) is 0 Å². The number of amides is 2. The van der Waals surface area contributed by atoms with Crippen LogP contribution in [0.1, 0.15) is 12.5 Å². The molecule has 92 valence electrons. The van der Waals surface area contributed by atoms with Gasteiger partial charge in [0.2, 0.25) is 11.8 Å². The Morgan fingerprint density at radius 3 is 2.65 bits per heavy atom. The molecule has 0 aliphatic carbocycles. The molecule has 0 aliphatic rings. The first-order chi connectivity index (χ1) is 8.11. The Bertz CT molecular complexity index is 407. The van der Waals surface area contributed by atoms with Crippen LogP contribution in [-0.2, 0) is 16.0 Å². The summed E-state index contributed by atoms with van der Waals surface area (Å²) in [4.78, 5) is 22.5. The highest BCUT2D eigenvalue weighted by atomic mass is 19.1. The van der Waals surface area contributed by atoms with Crippen LogP contribution in [0.2, 0.25) is 0 Å². The molecule has 2 amide bonds. The molecule has 0 saturated carbocycles. The van der Waals surface area contributed by atoms with Crippen LogP contribution in [0.5, 0.6) is 0 Å². The summed E-state index contributed by atoms with van der Waals surface area (Å²) in [7, 11) is 0. The first-order valence-corrected chi connectivity index (χ1v) is 5.39. The predicted molar refractivity (Wildman–Crippen MR) is 61.8 cm³/mol. The van der Waals surface area contributed by atoms with Gasteiger partial charge < -0.3 is 10.6 Å². The van der Waals surface area contributed by atoms with Crippen molar-refractivity contribution in [3.05, 3.63) is 35.6 Å². The van der Waals surface area contributed by atoms with Gasteiger partial charge in [-0.25, -0.2) is 4.39 Å². The second-order valence-corrected chi connectivity index (χ2v) is 3.54. The zero-order chi connectivity index (χ0) is 12.7. The maximum Gasteiger partial charge on any atom is 0.239 e. The number of hydrogen-bond acceptors (Lipinski definition) is 2. The lowest BCUT2D eigenvalue weighted by Crippen LogP contribution is -2.37. The fourth-order valence-electron chi connectivity index (χ4n) is 1.33. The van der Waals surface area contributed by atoms with E-state index in [-0.39, 0.29) is 30.6 Å². The lowest BCUT2D eigenvalue weighted by atomic mass is 10.1. The molecule has 0 saturated heterocycles. The van der Waals surface area contributed by atoms with Crippen LogP contribution in [0.15, 0.2) is 24.3 Å². The highest BCUT2D eigenvalue weighted by Gasteiger charge is 2.06. The standard InChI is InChI=1S/C12H15FN2O2/c1-2-14-12(17)8-15-11(16)7-9-4-3-5-10(13)6-9/h3-6H,2,7-8H2,1H3,(H,14,17)(H,15,16). The Balaban J connectivity index is 2.37. The SMILES string of the molecule is CCNC(=O)CNC(=O)Cc1cccc(F)c1. The van der Waals surface area contributed by atoms with Crippen LogP contribution >= 0.6 is 0 Å². The molecule has 4 nitrogen and oxygen atoms in total. The second kappa shape index (κ2) is 6.62. The van der Waals surface area contributed by atoms with Gasteiger partial charge >= 0.3 is 0 Å². The summed E-state index contributed by atoms with van der Waals surface area (Å²) in [6.45, 7) is 2.27. The van der Waals surface area contributed by atoms with Gasteiger partial charge in [-0.05, 0) is 24.6 Å². The van der Waals surface area contributed by atoms with Gasteiger partial charge in [0.25, 0.3) is 0 Å². The summed E-state index contributed by atoms with van der Waals surface area (Å²) >= 11 is 0. The molecule has 1 aromatic rings. The Morgan fingerprint density at radius 2 is 2.00 bits per heavy atom. The third kappa shape index (κ3) is 5.10. The molecule has 1 aromatic carbocycles. The van der Waals surface area contributed by atoms with E-state index in [4.69, 9.17) is 0 Å². The van der Waals surface area contributed by atoms with Crippen LogP contribution in [0, 0.1) is 5.82 Å². The van der Waals surface area contributed by atoms with Crippen LogP contribution in [0.25, 0.3) is 0 Å². The molecular weight excluding hydrogens is 223 g/mol. The van der Waals surface area contributed by atoms with Crippen LogP contribution in [0.4, 0.5) is 4.39 Å². The quantitative estimate of drug-likeness (QED) is 0.790. The molecule has 5 heteroatoms. The number of carbonyl (C=O) groups excluding carboxylic acids is 2. The Kier molecular flexibility index (Phi) is 5.13. The highest BCUT2D eigenvalue weighted by Crippen LogP contribution is 2.03. The smallest absolute Gasteiger partial charge is 0.239 e. The summed E-state index contributed by atoms with van der Waals surface area (Å²) in [5, 5.41) is 5.02. The molecule has 0 atom stereocenters. The molecule has 0 heterocycles. The van der Waals surface area contributed by atoms with Crippen molar-refractivity contribution in [2.75, 3.05) is 13.1 Å². The third-order valence-corrected chi connectivity index (χ3v) is 2.07. The first-order valence-electron chi connectivity index (χ1n) is 5.39. The van der Waals surface area contributed by atoms with Crippen LogP contribution < -0.4 is 10.6 Å². The molecule has 0 aliphatic heterocycles. The van der Waals surface area contributed by atoms with E-state index in [2.05, 4.69) is 10.6 Å². The Morgan fingerprint density at radius 1 is 1.24 bits per heavy atom. The topological polar surface area (TPSA) is 58.2 Å². The van der Waals surface area contributed by atoms with Gasteiger partial charge in [0.05, 0.1) is 13.0 Å². The number of rotatable bonds is 5. The van der Waals surface area contributed by atoms with E-state index in [9.17, 15) is 14.0 Å². The van der Waals surface area contributed by atoms with Crippen molar-refractivity contribution < 1.29 is 14.0 Å². The van der Waals surface area contributed by atoms with Crippen molar-refractivity contribution in [1.82, 2.24) is 10.6 Å². The fourth-order valence-corrected chi connectivity index (χ4v) is 1.33. The van der Waals surface area contributed by atoms with E-state index in [0.717, 1.165) is 0 Å². The van der Waals surface area contributed by atoms with E-state index in [1.54, 1.807) is 19.1 Å². The minimum absolute atomic E-state index is 0.0536. The van der Waals surface area contributed by atoms with E-state index in [1.807, 2.05) is 0 Å². The van der Waals surface area contributed by atoms with Gasteiger partial charge in [0.1, 0.15) is 5.82 Å². The number of benzene rings is 1. The fraction of sp³-hybridized carbons (Fsp3) is 0.333. The first kappa shape index (κ1) is 13.2. The van der Waals surface area contributed by atoms with Gasteiger partial charge in [0.15, 0.2) is 0 Å². The summed E-state index contributed by atoms with van der Waals surface area (Å²) in [6, 6.07) is 5.82. The highest BCUT2D eigenvalue weighted by molar-refractivity contribution is 5.85. The van der Waals surface area contributed by atoms with E-state index >= 15 is 0 Å². The van der Waals surface area contributed by atoms with E-state index in [0.29, 0.717) is 12.1 Å². The van der Waals surface area contributed by atoms with Gasteiger partial charge in [-0.15, -0.1) is 0 Å². The number of nitrogens with one attached hydrogen (secondary N) is 2. The molecule has 2 N–H and O–H groups in total. The van der Waals surface area contributed by atoms with Crippen LogP contribution in [0.3, 0.4) is 0 Å². The van der Waals surface area contributed by atoms with Crippen molar-refractivity contribution in [3.63, 3.8) is 0 Å². The molecule has 0 spiro atoms. The maximum absolute atomic E-state index is 12.8. The molecular formula is C12H15FN2O2. The summed E-state index contributed by atoms with van der Waals surface area (Å²) in [5.41, 5.74) is 0.582. The summed E-state index contributed by atoms with van der Waals surface area (Å²) in [5.74, 6) is -0.916. The van der Waals surface area contributed by atoms with Crippen LogP contribution in [-0.4, -0.2) is 24.9 Å². The summed E-state index contributed by atoms with van der Waals surface area (Å²) in [6.07, 6.45) is 0.0666. The van der Waals surface area contributed by atoms with Gasteiger partial charge in [-0.1, -0.05) is 12.1 Å². The lowest BCUT2D eigenvalue weighted by Gasteiger charge is -2.05. The number of carbonyl (C=O) groups is 2. The van der Waals surface area contributed by atoms with Crippen molar-refractivity contribution in [3.8, 4) is 0 Å². The van der Waals surface area contributed by atoms with Crippen molar-refractivity contribution >= 4 is 11.8 Å². The molecule has 1 rings (SSSR count). The molecule has 0 fully saturated rings. The predicted octanol–water partition coefficient (Wildman–Crippen LogP) is 0.620. The Hall–Kier alpha value is -1.91. The van der Waals surface area contributed by atoms with E-state index in [1.165, 1.54) is 12.1 Å². The van der Waals surface area contributed by atoms with Crippen molar-refractivity contribution in [1.29, 1.82) is 0 Å². The maximum atomic E-state index is 12.8. The molecule has 0 aromatic heterocycles. The molecule has 0 unspecified atom stereocenters. The minimum atomic E-state index is -0.376. The second-order valence-electron chi connectivity index (χ2n) is 3.54. The lowest BCUT2D eigenvalue weighted by molar-refractivity contribution is -0.125. The average molecular weight is 238 g/mol. The number of halogens is 1. The largest absolute Gasteiger partial charge is 0.355 e. The van der Waals surface area contributed by atoms with Gasteiger partial charge in [-0.3, -0.25) is 9.59 Å². The number of likely N-dealkylation sites (N-methyl/N-ethyl adjacent to an activating group) is 1. The zero-order valence-corrected chi connectivity index (χ0v) is 9.63. The van der Waals surface area contributed by atoms with E-state index < -0.39 is 0 Å². The Labute approximate surface area is 99.2 Å².